The molecular formula is C28H43NO4. The van der Waals surface area contributed by atoms with Gasteiger partial charge in [-0.15, -0.1) is 0 Å². The predicted molar refractivity (Wildman–Crippen MR) is 136 cm³/mol. The van der Waals surface area contributed by atoms with Gasteiger partial charge in [0.25, 0.3) is 0 Å². The second-order valence-electron chi connectivity index (χ2n) is 9.16. The number of unbranched alkanes of at least 4 members (excludes halogenated alkanes) is 13. The van der Waals surface area contributed by atoms with Gasteiger partial charge in [0, 0.05) is 23.6 Å². The third kappa shape index (κ3) is 11.1. The molecule has 0 spiro atoms. The fourth-order valence-electron chi connectivity index (χ4n) is 4.16. The van der Waals surface area contributed by atoms with E-state index in [1.54, 1.807) is 12.1 Å². The third-order valence-electron chi connectivity index (χ3n) is 6.21. The van der Waals surface area contributed by atoms with E-state index in [9.17, 15) is 9.59 Å². The van der Waals surface area contributed by atoms with Crippen LogP contribution in [-0.2, 0) is 4.84 Å². The van der Waals surface area contributed by atoms with Gasteiger partial charge in [-0.2, -0.15) is 0 Å². The summed E-state index contributed by atoms with van der Waals surface area (Å²) in [5.74, 6) is -0.144. The summed E-state index contributed by atoms with van der Waals surface area (Å²) in [6.45, 7) is 4.83. The molecule has 2 rings (SSSR count). The number of hydroxylamine groups is 1. The van der Waals surface area contributed by atoms with E-state index in [1.807, 2.05) is 13.0 Å². The van der Waals surface area contributed by atoms with Gasteiger partial charge in [-0.3, -0.25) is 9.63 Å². The molecule has 1 N–H and O–H groups in total. The van der Waals surface area contributed by atoms with Crippen molar-refractivity contribution in [3.05, 3.63) is 45.8 Å². The second kappa shape index (κ2) is 16.6. The molecular weight excluding hydrogens is 414 g/mol. The van der Waals surface area contributed by atoms with E-state index >= 15 is 0 Å². The van der Waals surface area contributed by atoms with Crippen LogP contribution >= 0.6 is 0 Å². The van der Waals surface area contributed by atoms with Crippen molar-refractivity contribution in [1.29, 1.82) is 0 Å². The smallest absolute Gasteiger partial charge is 0.336 e. The number of ketones is 1. The Hall–Kier alpha value is -1.98. The second-order valence-corrected chi connectivity index (χ2v) is 9.16. The standard InChI is InChI=1S/C28H43NO4/c1-3-4-5-6-7-8-9-10-11-12-13-14-15-16-19-29-32-22-26(30)24-17-18-25-23(2)20-28(31)33-27(25)21-24/h17-18,20-21,29H,3-16,19,22H2,1-2H3. The highest BCUT2D eigenvalue weighted by molar-refractivity contribution is 6.00. The lowest BCUT2D eigenvalue weighted by Gasteiger charge is -2.07. The van der Waals surface area contributed by atoms with Crippen molar-refractivity contribution in [3.8, 4) is 0 Å². The zero-order valence-electron chi connectivity index (χ0n) is 20.8. The molecule has 0 aliphatic carbocycles. The van der Waals surface area contributed by atoms with E-state index in [-0.39, 0.29) is 12.4 Å². The Morgan fingerprint density at radius 2 is 1.42 bits per heavy atom. The van der Waals surface area contributed by atoms with Gasteiger partial charge in [0.2, 0.25) is 0 Å². The summed E-state index contributed by atoms with van der Waals surface area (Å²) in [6.07, 6.45) is 18.7. The molecule has 184 valence electrons. The normalized spacial score (nSPS) is 11.3. The molecule has 5 heteroatoms. The number of carbonyl (C=O) groups excluding carboxylic acids is 1. The van der Waals surface area contributed by atoms with Crippen LogP contribution in [0.3, 0.4) is 0 Å². The van der Waals surface area contributed by atoms with Crippen molar-refractivity contribution in [2.24, 2.45) is 0 Å². The number of Topliss-reactive ketones (excluding diaryl/α,β-unsaturated/α-hetero) is 1. The van der Waals surface area contributed by atoms with Gasteiger partial charge in [-0.25, -0.2) is 10.3 Å². The number of fused-ring (bicyclic) bond motifs is 1. The number of hydrogen-bond donors (Lipinski definition) is 1. The summed E-state index contributed by atoms with van der Waals surface area (Å²) in [4.78, 5) is 29.2. The van der Waals surface area contributed by atoms with Crippen LogP contribution < -0.4 is 11.1 Å². The van der Waals surface area contributed by atoms with Crippen LogP contribution in [-0.4, -0.2) is 18.9 Å². The van der Waals surface area contributed by atoms with Crippen molar-refractivity contribution in [2.75, 3.05) is 13.2 Å². The maximum atomic E-state index is 12.3. The summed E-state index contributed by atoms with van der Waals surface area (Å²) in [5, 5.41) is 0.836. The molecule has 1 aromatic heterocycles. The van der Waals surface area contributed by atoms with Gasteiger partial charge in [0.15, 0.2) is 5.78 Å². The van der Waals surface area contributed by atoms with E-state index in [1.165, 1.54) is 89.5 Å². The Balaban J connectivity index is 1.44. The Kier molecular flexibility index (Phi) is 13.7. The SMILES string of the molecule is CCCCCCCCCCCCCCCCNOCC(=O)c1ccc2c(C)cc(=O)oc2c1. The van der Waals surface area contributed by atoms with Crippen molar-refractivity contribution < 1.29 is 14.0 Å². The molecule has 0 unspecified atom stereocenters. The summed E-state index contributed by atoms with van der Waals surface area (Å²) in [5.41, 5.74) is 4.24. The monoisotopic (exact) mass is 457 g/mol. The molecule has 0 saturated heterocycles. The highest BCUT2D eigenvalue weighted by Crippen LogP contribution is 2.18. The lowest BCUT2D eigenvalue weighted by atomic mass is 10.0. The molecule has 0 radical (unpaired) electrons. The van der Waals surface area contributed by atoms with E-state index in [2.05, 4.69) is 12.4 Å². The fourth-order valence-corrected chi connectivity index (χ4v) is 4.16. The van der Waals surface area contributed by atoms with Crippen LogP contribution in [0.5, 0.6) is 0 Å². The molecule has 33 heavy (non-hydrogen) atoms. The lowest BCUT2D eigenvalue weighted by molar-refractivity contribution is 0.0369. The van der Waals surface area contributed by atoms with Crippen LogP contribution in [0.2, 0.25) is 0 Å². The molecule has 1 heterocycles. The number of aryl methyl sites for hydroxylation is 1. The zero-order valence-corrected chi connectivity index (χ0v) is 20.8. The van der Waals surface area contributed by atoms with E-state index < -0.39 is 5.63 Å². The Morgan fingerprint density at radius 1 is 0.848 bits per heavy atom. The van der Waals surface area contributed by atoms with Crippen molar-refractivity contribution >= 4 is 16.8 Å². The van der Waals surface area contributed by atoms with E-state index in [0.29, 0.717) is 11.1 Å². The first-order chi connectivity index (χ1) is 16.1. The fraction of sp³-hybridized carbons (Fsp3) is 0.643. The molecule has 0 saturated carbocycles. The number of nitrogens with one attached hydrogen (secondary N) is 1. The molecule has 0 fully saturated rings. The highest BCUT2D eigenvalue weighted by atomic mass is 16.6. The predicted octanol–water partition coefficient (Wildman–Crippen LogP) is 7.29. The van der Waals surface area contributed by atoms with Crippen molar-refractivity contribution in [2.45, 2.75) is 104 Å². The van der Waals surface area contributed by atoms with Crippen LogP contribution in [0.4, 0.5) is 0 Å². The highest BCUT2D eigenvalue weighted by Gasteiger charge is 2.10. The van der Waals surface area contributed by atoms with Crippen molar-refractivity contribution in [3.63, 3.8) is 0 Å². The minimum atomic E-state index is -0.407. The molecule has 5 nitrogen and oxygen atoms in total. The third-order valence-corrected chi connectivity index (χ3v) is 6.21. The van der Waals surface area contributed by atoms with Crippen LogP contribution in [0.15, 0.2) is 33.5 Å². The molecule has 0 aliphatic rings. The quantitative estimate of drug-likeness (QED) is 0.104. The van der Waals surface area contributed by atoms with Gasteiger partial charge in [0.1, 0.15) is 12.2 Å². The molecule has 0 aliphatic heterocycles. The number of rotatable bonds is 19. The Morgan fingerprint density at radius 3 is 2.03 bits per heavy atom. The average Bonchev–Trinajstić information content (AvgIpc) is 2.80. The molecule has 0 atom stereocenters. The topological polar surface area (TPSA) is 68.5 Å². The van der Waals surface area contributed by atoms with Crippen molar-refractivity contribution in [1.82, 2.24) is 5.48 Å². The first-order valence-corrected chi connectivity index (χ1v) is 13.0. The number of benzene rings is 1. The Bertz CT molecular complexity index is 874. The van der Waals surface area contributed by atoms with Gasteiger partial charge < -0.3 is 4.42 Å². The van der Waals surface area contributed by atoms with Gasteiger partial charge in [-0.1, -0.05) is 103 Å². The average molecular weight is 458 g/mol. The summed E-state index contributed by atoms with van der Waals surface area (Å²) >= 11 is 0. The first kappa shape index (κ1) is 27.3. The minimum absolute atomic E-state index is 0.0415. The first-order valence-electron chi connectivity index (χ1n) is 13.0. The van der Waals surface area contributed by atoms with Crippen LogP contribution in [0.25, 0.3) is 11.0 Å². The number of carbonyl (C=O) groups is 1. The zero-order chi connectivity index (χ0) is 23.7. The van der Waals surface area contributed by atoms with Crippen LogP contribution in [0.1, 0.15) is 113 Å². The molecule has 0 bridgehead atoms. The lowest BCUT2D eigenvalue weighted by Crippen LogP contribution is -2.21. The summed E-state index contributed by atoms with van der Waals surface area (Å²) in [7, 11) is 0. The molecule has 2 aromatic rings. The maximum Gasteiger partial charge on any atom is 0.336 e. The summed E-state index contributed by atoms with van der Waals surface area (Å²) in [6, 6.07) is 6.62. The largest absolute Gasteiger partial charge is 0.423 e. The number of hydrogen-bond acceptors (Lipinski definition) is 5. The van der Waals surface area contributed by atoms with Gasteiger partial charge >= 0.3 is 5.63 Å². The van der Waals surface area contributed by atoms with Crippen LogP contribution in [0, 0.1) is 6.92 Å². The minimum Gasteiger partial charge on any atom is -0.423 e. The van der Waals surface area contributed by atoms with E-state index in [4.69, 9.17) is 9.25 Å². The van der Waals surface area contributed by atoms with Gasteiger partial charge in [0.05, 0.1) is 0 Å². The van der Waals surface area contributed by atoms with Gasteiger partial charge in [-0.05, 0) is 25.0 Å². The Labute approximate surface area is 199 Å². The molecule has 0 amide bonds. The van der Waals surface area contributed by atoms with E-state index in [0.717, 1.165) is 23.9 Å². The summed E-state index contributed by atoms with van der Waals surface area (Å²) < 4.78 is 5.21. The maximum absolute atomic E-state index is 12.3. The molecule has 1 aromatic carbocycles.